The van der Waals surface area contributed by atoms with E-state index in [1.165, 1.54) is 15.4 Å². The molecule has 1 aliphatic heterocycles. The number of hydrogen-bond donors (Lipinski definition) is 3. The van der Waals surface area contributed by atoms with Crippen molar-refractivity contribution in [2.45, 2.75) is 26.2 Å². The fourth-order valence-corrected chi connectivity index (χ4v) is 5.05. The number of rotatable bonds is 7. The number of thiophene rings is 1. The van der Waals surface area contributed by atoms with E-state index in [1.807, 2.05) is 6.07 Å². The third kappa shape index (κ3) is 5.48. The Morgan fingerprint density at radius 2 is 1.85 bits per heavy atom. The molecule has 3 heterocycles. The number of aromatic nitrogens is 2. The van der Waals surface area contributed by atoms with Crippen molar-refractivity contribution in [1.82, 2.24) is 15.3 Å². The van der Waals surface area contributed by atoms with Gasteiger partial charge >= 0.3 is 5.97 Å². The first-order valence-electron chi connectivity index (χ1n) is 10.9. The summed E-state index contributed by atoms with van der Waals surface area (Å²) in [6.45, 7) is 2.94. The summed E-state index contributed by atoms with van der Waals surface area (Å²) in [5.41, 5.74) is 1.36. The molecule has 0 aliphatic carbocycles. The van der Waals surface area contributed by atoms with E-state index in [1.54, 1.807) is 18.3 Å². The Morgan fingerprint density at radius 1 is 1.12 bits per heavy atom. The number of carbonyl (C=O) groups excluding carboxylic acids is 1. The zero-order valence-corrected chi connectivity index (χ0v) is 19.1. The number of aromatic hydroxyl groups is 1. The average Bonchev–Trinajstić information content (AvgIpc) is 3.31. The zero-order chi connectivity index (χ0) is 23.4. The van der Waals surface area contributed by atoms with Gasteiger partial charge < -0.3 is 20.4 Å². The van der Waals surface area contributed by atoms with Crippen LogP contribution in [0.4, 0.5) is 5.00 Å². The molecule has 1 fully saturated rings. The van der Waals surface area contributed by atoms with Gasteiger partial charge in [0, 0.05) is 24.4 Å². The Morgan fingerprint density at radius 3 is 2.55 bits per heavy atom. The summed E-state index contributed by atoms with van der Waals surface area (Å²) in [7, 11) is 0. The lowest BCUT2D eigenvalue weighted by molar-refractivity contribution is -0.135. The van der Waals surface area contributed by atoms with Crippen LogP contribution in [-0.4, -0.2) is 51.7 Å². The Balaban J connectivity index is 1.38. The van der Waals surface area contributed by atoms with Crippen LogP contribution >= 0.6 is 11.3 Å². The highest BCUT2D eigenvalue weighted by Gasteiger charge is 2.24. The van der Waals surface area contributed by atoms with Crippen LogP contribution in [0.15, 0.2) is 42.5 Å². The number of amides is 1. The second kappa shape index (κ2) is 9.99. The molecule has 3 N–H and O–H groups in total. The standard InChI is InChI=1S/C24H26N4O4S/c1-15-23(31)22(24(32)25-14-21(29)30)27-19(26-15)13-16-9-11-28(12-10-16)20-8-7-18(33-20)17-5-3-2-4-6-17/h2-8,16,31H,9-14H2,1H3,(H,25,32)(H,29,30). The maximum Gasteiger partial charge on any atom is 0.322 e. The highest BCUT2D eigenvalue weighted by molar-refractivity contribution is 7.19. The van der Waals surface area contributed by atoms with Gasteiger partial charge in [0.05, 0.1) is 10.7 Å². The van der Waals surface area contributed by atoms with Gasteiger partial charge in [-0.3, -0.25) is 9.59 Å². The van der Waals surface area contributed by atoms with Crippen LogP contribution in [-0.2, 0) is 11.2 Å². The van der Waals surface area contributed by atoms with Crippen LogP contribution in [0.3, 0.4) is 0 Å². The molecule has 2 aromatic heterocycles. The lowest BCUT2D eigenvalue weighted by Gasteiger charge is -2.32. The van der Waals surface area contributed by atoms with Crippen molar-refractivity contribution in [2.75, 3.05) is 24.5 Å². The molecule has 0 radical (unpaired) electrons. The molecule has 9 heteroatoms. The number of carboxylic acids is 1. The van der Waals surface area contributed by atoms with Gasteiger partial charge in [0.25, 0.3) is 5.91 Å². The van der Waals surface area contributed by atoms with Gasteiger partial charge in [-0.05, 0) is 43.4 Å². The molecular weight excluding hydrogens is 440 g/mol. The Kier molecular flexibility index (Phi) is 6.88. The van der Waals surface area contributed by atoms with Crippen molar-refractivity contribution in [2.24, 2.45) is 5.92 Å². The fraction of sp³-hybridized carbons (Fsp3) is 0.333. The Hall–Kier alpha value is -3.46. The number of carbonyl (C=O) groups is 2. The van der Waals surface area contributed by atoms with Crippen LogP contribution in [0, 0.1) is 12.8 Å². The van der Waals surface area contributed by atoms with Gasteiger partial charge in [0.1, 0.15) is 12.4 Å². The molecule has 1 aliphatic rings. The minimum absolute atomic E-state index is 0.178. The van der Waals surface area contributed by atoms with E-state index in [0.29, 0.717) is 23.9 Å². The summed E-state index contributed by atoms with van der Waals surface area (Å²) < 4.78 is 0. The van der Waals surface area contributed by atoms with Crippen LogP contribution in [0.5, 0.6) is 5.75 Å². The van der Waals surface area contributed by atoms with E-state index >= 15 is 0 Å². The summed E-state index contributed by atoms with van der Waals surface area (Å²) in [5.74, 6) is -1.34. The van der Waals surface area contributed by atoms with Gasteiger partial charge in [-0.15, -0.1) is 11.3 Å². The second-order valence-corrected chi connectivity index (χ2v) is 9.20. The van der Waals surface area contributed by atoms with E-state index in [-0.39, 0.29) is 11.4 Å². The van der Waals surface area contributed by atoms with Crippen molar-refractivity contribution < 1.29 is 19.8 Å². The zero-order valence-electron chi connectivity index (χ0n) is 18.3. The monoisotopic (exact) mass is 466 g/mol. The third-order valence-electron chi connectivity index (χ3n) is 5.77. The molecule has 0 bridgehead atoms. The number of nitrogens with zero attached hydrogens (tertiary/aromatic N) is 3. The van der Waals surface area contributed by atoms with Gasteiger partial charge in [0.15, 0.2) is 11.4 Å². The molecule has 1 saturated heterocycles. The molecule has 172 valence electrons. The van der Waals surface area contributed by atoms with Crippen LogP contribution in [0.1, 0.15) is 34.8 Å². The van der Waals surface area contributed by atoms with E-state index in [4.69, 9.17) is 5.11 Å². The summed E-state index contributed by atoms with van der Waals surface area (Å²) in [5, 5.41) is 22.4. The maximum absolute atomic E-state index is 12.2. The fourth-order valence-electron chi connectivity index (χ4n) is 3.98. The van der Waals surface area contributed by atoms with Crippen molar-refractivity contribution in [3.8, 4) is 16.2 Å². The lowest BCUT2D eigenvalue weighted by Crippen LogP contribution is -2.34. The number of hydrogen-bond acceptors (Lipinski definition) is 7. The summed E-state index contributed by atoms with van der Waals surface area (Å²) in [6.07, 6.45) is 2.55. The second-order valence-electron chi connectivity index (χ2n) is 8.14. The highest BCUT2D eigenvalue weighted by atomic mass is 32.1. The molecular formula is C24H26N4O4S. The molecule has 3 aromatic rings. The van der Waals surface area contributed by atoms with Gasteiger partial charge in [0.2, 0.25) is 0 Å². The largest absolute Gasteiger partial charge is 0.504 e. The van der Waals surface area contributed by atoms with Crippen LogP contribution < -0.4 is 10.2 Å². The predicted octanol–water partition coefficient (Wildman–Crippen LogP) is 3.49. The smallest absolute Gasteiger partial charge is 0.322 e. The summed E-state index contributed by atoms with van der Waals surface area (Å²) >= 11 is 1.80. The molecule has 33 heavy (non-hydrogen) atoms. The molecule has 8 nitrogen and oxygen atoms in total. The SMILES string of the molecule is Cc1nc(CC2CCN(c3ccc(-c4ccccc4)s3)CC2)nc(C(=O)NCC(=O)O)c1O. The molecule has 1 aromatic carbocycles. The third-order valence-corrected chi connectivity index (χ3v) is 6.96. The minimum atomic E-state index is -1.16. The molecule has 4 rings (SSSR count). The molecule has 0 spiro atoms. The minimum Gasteiger partial charge on any atom is -0.504 e. The number of benzene rings is 1. The summed E-state index contributed by atoms with van der Waals surface area (Å²) in [6, 6.07) is 14.7. The van der Waals surface area contributed by atoms with Crippen molar-refractivity contribution in [3.05, 3.63) is 59.7 Å². The molecule has 0 unspecified atom stereocenters. The number of aryl methyl sites for hydroxylation is 1. The van der Waals surface area contributed by atoms with Crippen molar-refractivity contribution in [3.63, 3.8) is 0 Å². The first-order valence-corrected chi connectivity index (χ1v) is 11.7. The number of nitrogens with one attached hydrogen (secondary N) is 1. The van der Waals surface area contributed by atoms with E-state index < -0.39 is 18.4 Å². The van der Waals surface area contributed by atoms with Gasteiger partial charge in [-0.2, -0.15) is 0 Å². The molecule has 0 atom stereocenters. The predicted molar refractivity (Wildman–Crippen MR) is 127 cm³/mol. The van der Waals surface area contributed by atoms with Crippen molar-refractivity contribution in [1.29, 1.82) is 0 Å². The number of carboxylic acid groups (broad SMARTS) is 1. The van der Waals surface area contributed by atoms with Gasteiger partial charge in [-0.1, -0.05) is 30.3 Å². The highest BCUT2D eigenvalue weighted by Crippen LogP contribution is 2.35. The topological polar surface area (TPSA) is 116 Å². The quantitative estimate of drug-likeness (QED) is 0.488. The first kappa shape index (κ1) is 22.7. The molecule has 0 saturated carbocycles. The van der Waals surface area contributed by atoms with E-state index in [2.05, 4.69) is 56.6 Å². The summed E-state index contributed by atoms with van der Waals surface area (Å²) in [4.78, 5) is 35.2. The van der Waals surface area contributed by atoms with Crippen LogP contribution in [0.25, 0.3) is 10.4 Å². The van der Waals surface area contributed by atoms with Crippen LogP contribution in [0.2, 0.25) is 0 Å². The Bertz CT molecular complexity index is 1140. The lowest BCUT2D eigenvalue weighted by atomic mass is 9.93. The molecule has 1 amide bonds. The maximum atomic E-state index is 12.2. The number of piperidine rings is 1. The Labute approximate surface area is 195 Å². The number of aliphatic carboxylic acids is 1. The van der Waals surface area contributed by atoms with Gasteiger partial charge in [-0.25, -0.2) is 9.97 Å². The van der Waals surface area contributed by atoms with E-state index in [0.717, 1.165) is 25.9 Å². The first-order chi connectivity index (χ1) is 15.9. The normalized spacial score (nSPS) is 14.3. The van der Waals surface area contributed by atoms with Crippen molar-refractivity contribution >= 4 is 28.2 Å². The van der Waals surface area contributed by atoms with E-state index in [9.17, 15) is 14.7 Å². The average molecular weight is 467 g/mol. The number of anilines is 1.